The lowest BCUT2D eigenvalue weighted by Crippen LogP contribution is -1.97. The molecule has 0 aliphatic rings. The maximum Gasteiger partial charge on any atom is 0.232 e. The molecule has 0 bridgehead atoms. The van der Waals surface area contributed by atoms with E-state index >= 15 is 0 Å². The molecule has 0 unspecified atom stereocenters. The molecule has 0 N–H and O–H groups in total. The van der Waals surface area contributed by atoms with Gasteiger partial charge in [0, 0.05) is 0 Å². The molecule has 16 heavy (non-hydrogen) atoms. The lowest BCUT2D eigenvalue weighted by atomic mass is 10.2. The Hall–Kier alpha value is -1.75. The van der Waals surface area contributed by atoms with Gasteiger partial charge in [0.1, 0.15) is 11.0 Å². The predicted molar refractivity (Wildman–Crippen MR) is 56.4 cm³/mol. The number of ether oxygens (including phenoxy) is 1. The van der Waals surface area contributed by atoms with Crippen molar-refractivity contribution in [3.8, 4) is 5.88 Å². The number of hydrogen-bond donors (Lipinski definition) is 0. The van der Waals surface area contributed by atoms with Crippen LogP contribution in [0.5, 0.6) is 5.88 Å². The molecule has 0 radical (unpaired) electrons. The van der Waals surface area contributed by atoms with Gasteiger partial charge in [-0.25, -0.2) is 14.4 Å². The molecule has 1 aromatic carbocycles. The molecule has 2 rings (SSSR count). The average molecular weight is 241 g/mol. The highest BCUT2D eigenvalue weighted by molar-refractivity contribution is 6.35. The van der Waals surface area contributed by atoms with E-state index in [-0.39, 0.29) is 27.5 Å². The molecule has 4 nitrogen and oxygen atoms in total. The van der Waals surface area contributed by atoms with Gasteiger partial charge < -0.3 is 4.74 Å². The fourth-order valence-electron chi connectivity index (χ4n) is 1.29. The van der Waals surface area contributed by atoms with E-state index in [1.165, 1.54) is 19.4 Å². The zero-order valence-corrected chi connectivity index (χ0v) is 8.95. The van der Waals surface area contributed by atoms with Crippen LogP contribution in [-0.2, 0) is 0 Å². The number of aldehydes is 1. The van der Waals surface area contributed by atoms with E-state index in [0.29, 0.717) is 6.29 Å². The summed E-state index contributed by atoms with van der Waals surface area (Å²) >= 11 is 5.84. The van der Waals surface area contributed by atoms with Gasteiger partial charge in [-0.1, -0.05) is 11.6 Å². The van der Waals surface area contributed by atoms with Crippen molar-refractivity contribution in [2.75, 3.05) is 7.11 Å². The van der Waals surface area contributed by atoms with Gasteiger partial charge in [-0.3, -0.25) is 4.79 Å². The third-order valence-electron chi connectivity index (χ3n) is 2.06. The van der Waals surface area contributed by atoms with Crippen molar-refractivity contribution in [3.63, 3.8) is 0 Å². The van der Waals surface area contributed by atoms with Crippen LogP contribution in [-0.4, -0.2) is 23.4 Å². The second kappa shape index (κ2) is 4.02. The Labute approximate surface area is 95.0 Å². The second-order valence-corrected chi connectivity index (χ2v) is 3.40. The number of aromatic nitrogens is 2. The van der Waals surface area contributed by atoms with Gasteiger partial charge in [0.25, 0.3) is 0 Å². The van der Waals surface area contributed by atoms with E-state index < -0.39 is 5.82 Å². The summed E-state index contributed by atoms with van der Waals surface area (Å²) in [6, 6.07) is 1.22. The minimum absolute atomic E-state index is 0.0750. The Bertz CT molecular complexity index is 574. The van der Waals surface area contributed by atoms with Crippen LogP contribution in [0.25, 0.3) is 11.0 Å². The maximum absolute atomic E-state index is 13.7. The number of methoxy groups -OCH3 is 1. The lowest BCUT2D eigenvalue weighted by Gasteiger charge is -2.04. The monoisotopic (exact) mass is 240 g/mol. The van der Waals surface area contributed by atoms with Gasteiger partial charge in [0.05, 0.1) is 23.9 Å². The smallest absolute Gasteiger partial charge is 0.232 e. The summed E-state index contributed by atoms with van der Waals surface area (Å²) < 4.78 is 18.5. The maximum atomic E-state index is 13.7. The van der Waals surface area contributed by atoms with E-state index in [1.54, 1.807) is 0 Å². The van der Waals surface area contributed by atoms with Crippen LogP contribution < -0.4 is 4.74 Å². The van der Waals surface area contributed by atoms with Crippen LogP contribution in [0, 0.1) is 5.82 Å². The molecule has 0 aliphatic heterocycles. The van der Waals surface area contributed by atoms with Crippen molar-refractivity contribution in [1.29, 1.82) is 0 Å². The molecular formula is C10H6ClFN2O2. The Morgan fingerprint density at radius 1 is 1.50 bits per heavy atom. The molecule has 1 aromatic heterocycles. The third kappa shape index (κ3) is 1.59. The van der Waals surface area contributed by atoms with Gasteiger partial charge in [0.15, 0.2) is 12.1 Å². The number of fused-ring (bicyclic) bond motifs is 1. The molecule has 6 heteroatoms. The van der Waals surface area contributed by atoms with Gasteiger partial charge in [-0.2, -0.15) is 0 Å². The molecule has 0 spiro atoms. The first kappa shape index (κ1) is 10.8. The largest absolute Gasteiger partial charge is 0.480 e. The van der Waals surface area contributed by atoms with Crippen LogP contribution >= 0.6 is 11.6 Å². The van der Waals surface area contributed by atoms with Gasteiger partial charge >= 0.3 is 0 Å². The van der Waals surface area contributed by atoms with E-state index in [1.807, 2.05) is 0 Å². The van der Waals surface area contributed by atoms with Crippen LogP contribution in [0.2, 0.25) is 5.02 Å². The fraction of sp³-hybridized carbons (Fsp3) is 0.100. The van der Waals surface area contributed by atoms with Gasteiger partial charge in [0.2, 0.25) is 5.88 Å². The Morgan fingerprint density at radius 3 is 2.88 bits per heavy atom. The van der Waals surface area contributed by atoms with Crippen molar-refractivity contribution >= 4 is 28.9 Å². The minimum Gasteiger partial charge on any atom is -0.480 e. The first-order valence-electron chi connectivity index (χ1n) is 4.31. The number of halogens is 2. The number of carbonyl (C=O) groups is 1. The van der Waals surface area contributed by atoms with Crippen molar-refractivity contribution < 1.29 is 13.9 Å². The second-order valence-electron chi connectivity index (χ2n) is 2.99. The highest BCUT2D eigenvalue weighted by atomic mass is 35.5. The number of rotatable bonds is 2. The van der Waals surface area contributed by atoms with Crippen molar-refractivity contribution in [1.82, 2.24) is 9.97 Å². The average Bonchev–Trinajstić information content (AvgIpc) is 2.33. The SMILES string of the molecule is COc1cnc2c(Cl)cc(C=O)c(F)c2n1. The lowest BCUT2D eigenvalue weighted by molar-refractivity contribution is 0.112. The van der Waals surface area contributed by atoms with E-state index in [0.717, 1.165) is 0 Å². The molecule has 2 aromatic rings. The molecule has 82 valence electrons. The summed E-state index contributed by atoms with van der Waals surface area (Å²) in [6.45, 7) is 0. The van der Waals surface area contributed by atoms with Gasteiger partial charge in [-0.05, 0) is 6.07 Å². The number of hydrogen-bond acceptors (Lipinski definition) is 4. The third-order valence-corrected chi connectivity index (χ3v) is 2.34. The Balaban J connectivity index is 2.85. The normalized spacial score (nSPS) is 10.4. The highest BCUT2D eigenvalue weighted by Gasteiger charge is 2.14. The number of benzene rings is 1. The summed E-state index contributed by atoms with van der Waals surface area (Å²) in [5, 5.41) is 0.175. The van der Waals surface area contributed by atoms with Crippen LogP contribution in [0.4, 0.5) is 4.39 Å². The Morgan fingerprint density at radius 2 is 2.25 bits per heavy atom. The molecule has 0 aliphatic carbocycles. The van der Waals surface area contributed by atoms with Crippen LogP contribution in [0.1, 0.15) is 10.4 Å². The van der Waals surface area contributed by atoms with E-state index in [2.05, 4.69) is 9.97 Å². The van der Waals surface area contributed by atoms with Crippen molar-refractivity contribution in [2.24, 2.45) is 0 Å². The van der Waals surface area contributed by atoms with Gasteiger partial charge in [-0.15, -0.1) is 0 Å². The predicted octanol–water partition coefficient (Wildman–Crippen LogP) is 2.24. The molecule has 0 fully saturated rings. The molecule has 0 saturated carbocycles. The highest BCUT2D eigenvalue weighted by Crippen LogP contribution is 2.26. The molecule has 1 heterocycles. The Kier molecular flexibility index (Phi) is 2.70. The molecule has 0 saturated heterocycles. The zero-order chi connectivity index (χ0) is 11.7. The van der Waals surface area contributed by atoms with Crippen LogP contribution in [0.15, 0.2) is 12.3 Å². The van der Waals surface area contributed by atoms with E-state index in [4.69, 9.17) is 16.3 Å². The van der Waals surface area contributed by atoms with Crippen molar-refractivity contribution in [2.45, 2.75) is 0 Å². The summed E-state index contributed by atoms with van der Waals surface area (Å²) in [4.78, 5) is 18.4. The fourth-order valence-corrected chi connectivity index (χ4v) is 1.55. The standard InChI is InChI=1S/C10H6ClFN2O2/c1-16-7-3-13-9-6(11)2-5(4-15)8(12)10(9)14-7/h2-4H,1H3. The quantitative estimate of drug-likeness (QED) is 0.756. The summed E-state index contributed by atoms with van der Waals surface area (Å²) in [5.74, 6) is -0.591. The zero-order valence-electron chi connectivity index (χ0n) is 8.20. The summed E-state index contributed by atoms with van der Waals surface area (Å²) in [6.07, 6.45) is 1.70. The first-order valence-corrected chi connectivity index (χ1v) is 4.69. The molecule has 0 amide bonds. The number of nitrogens with zero attached hydrogens (tertiary/aromatic N) is 2. The van der Waals surface area contributed by atoms with Crippen LogP contribution in [0.3, 0.4) is 0 Å². The molecule has 0 atom stereocenters. The summed E-state index contributed by atoms with van der Waals surface area (Å²) in [5.41, 5.74) is -0.0282. The summed E-state index contributed by atoms with van der Waals surface area (Å²) in [7, 11) is 1.39. The topological polar surface area (TPSA) is 52.1 Å². The first-order chi connectivity index (χ1) is 7.67. The minimum atomic E-state index is -0.749. The molecular weight excluding hydrogens is 235 g/mol. The van der Waals surface area contributed by atoms with E-state index in [9.17, 15) is 9.18 Å². The van der Waals surface area contributed by atoms with Crippen molar-refractivity contribution in [3.05, 3.63) is 28.7 Å². The number of carbonyl (C=O) groups excluding carboxylic acids is 1.